The van der Waals surface area contributed by atoms with Gasteiger partial charge in [-0.3, -0.25) is 19.7 Å². The Bertz CT molecular complexity index is 616. The summed E-state index contributed by atoms with van der Waals surface area (Å²) in [6.45, 7) is 0.885. The van der Waals surface area contributed by atoms with Crippen molar-refractivity contribution < 1.29 is 19.2 Å². The van der Waals surface area contributed by atoms with Crippen molar-refractivity contribution in [3.8, 4) is 0 Å². The molecule has 0 radical (unpaired) electrons. The number of hydrogen-bond acceptors (Lipinski definition) is 5. The summed E-state index contributed by atoms with van der Waals surface area (Å²) in [7, 11) is 0. The molecule has 2 N–H and O–H groups in total. The van der Waals surface area contributed by atoms with Crippen LogP contribution in [-0.2, 0) is 9.53 Å². The zero-order valence-corrected chi connectivity index (χ0v) is 13.0. The van der Waals surface area contributed by atoms with Crippen molar-refractivity contribution in [2.45, 2.75) is 18.9 Å². The molecule has 2 rings (SSSR count). The topological polar surface area (TPSA) is 111 Å². The van der Waals surface area contributed by atoms with E-state index in [1.165, 1.54) is 12.1 Å². The number of ether oxygens (including phenoxy) is 1. The molecule has 1 fully saturated rings. The van der Waals surface area contributed by atoms with E-state index < -0.39 is 10.8 Å². The number of halogens is 1. The van der Waals surface area contributed by atoms with Crippen molar-refractivity contribution in [1.29, 1.82) is 0 Å². The zero-order valence-electron chi connectivity index (χ0n) is 12.2. The fraction of sp³-hybridized carbons (Fsp3) is 0.429. The average molecular weight is 342 g/mol. The van der Waals surface area contributed by atoms with E-state index in [1.54, 1.807) is 0 Å². The SMILES string of the molecule is O=C(CNC(=O)c1ccc(Cl)c([N+](=O)[O-])c1)NC[C@H]1CCCO1. The monoisotopic (exact) mass is 341 g/mol. The number of nitro benzene ring substituents is 1. The minimum Gasteiger partial charge on any atom is -0.376 e. The second kappa shape index (κ2) is 7.89. The third-order valence-corrected chi connectivity index (χ3v) is 3.69. The number of carbonyl (C=O) groups is 2. The standard InChI is InChI=1S/C14H16ClN3O5/c15-11-4-3-9(6-12(11)18(21)22)14(20)17-8-13(19)16-7-10-2-1-5-23-10/h3-4,6,10H,1-2,5,7-8H2,(H,16,19)(H,17,20)/t10-/m1/s1. The van der Waals surface area contributed by atoms with Gasteiger partial charge in [-0.05, 0) is 25.0 Å². The van der Waals surface area contributed by atoms with Crippen LogP contribution < -0.4 is 10.6 Å². The zero-order chi connectivity index (χ0) is 16.8. The lowest BCUT2D eigenvalue weighted by Gasteiger charge is -2.11. The van der Waals surface area contributed by atoms with Crippen molar-refractivity contribution in [2.24, 2.45) is 0 Å². The van der Waals surface area contributed by atoms with Crippen molar-refractivity contribution in [3.63, 3.8) is 0 Å². The van der Waals surface area contributed by atoms with Crippen LogP contribution >= 0.6 is 11.6 Å². The molecule has 0 aliphatic carbocycles. The van der Waals surface area contributed by atoms with Gasteiger partial charge in [0.2, 0.25) is 5.91 Å². The molecule has 0 aromatic heterocycles. The number of amides is 2. The molecule has 1 aliphatic rings. The highest BCUT2D eigenvalue weighted by Crippen LogP contribution is 2.24. The summed E-state index contributed by atoms with van der Waals surface area (Å²) in [5, 5.41) is 15.8. The summed E-state index contributed by atoms with van der Waals surface area (Å²) in [6, 6.07) is 3.70. The van der Waals surface area contributed by atoms with E-state index >= 15 is 0 Å². The van der Waals surface area contributed by atoms with Gasteiger partial charge in [-0.15, -0.1) is 0 Å². The Morgan fingerprint density at radius 1 is 1.39 bits per heavy atom. The Morgan fingerprint density at radius 2 is 2.17 bits per heavy atom. The molecule has 0 spiro atoms. The molecule has 9 heteroatoms. The van der Waals surface area contributed by atoms with Crippen LogP contribution in [-0.4, -0.2) is 42.5 Å². The number of nitro groups is 1. The highest BCUT2D eigenvalue weighted by molar-refractivity contribution is 6.32. The van der Waals surface area contributed by atoms with Crippen molar-refractivity contribution in [1.82, 2.24) is 10.6 Å². The lowest BCUT2D eigenvalue weighted by atomic mass is 10.2. The maximum absolute atomic E-state index is 11.9. The summed E-state index contributed by atoms with van der Waals surface area (Å²) < 4.78 is 5.37. The molecule has 1 atom stereocenters. The summed E-state index contributed by atoms with van der Waals surface area (Å²) in [4.78, 5) is 33.7. The van der Waals surface area contributed by atoms with E-state index in [0.717, 1.165) is 18.9 Å². The van der Waals surface area contributed by atoms with Crippen LogP contribution in [0.25, 0.3) is 0 Å². The van der Waals surface area contributed by atoms with Crippen LogP contribution in [0.2, 0.25) is 5.02 Å². The number of nitrogens with one attached hydrogen (secondary N) is 2. The van der Waals surface area contributed by atoms with Crippen LogP contribution in [0.4, 0.5) is 5.69 Å². The van der Waals surface area contributed by atoms with Crippen LogP contribution in [0.15, 0.2) is 18.2 Å². The Morgan fingerprint density at radius 3 is 2.83 bits per heavy atom. The van der Waals surface area contributed by atoms with Crippen LogP contribution in [0.3, 0.4) is 0 Å². The van der Waals surface area contributed by atoms with E-state index in [4.69, 9.17) is 16.3 Å². The Labute approximate surface area is 137 Å². The molecular formula is C14H16ClN3O5. The number of benzene rings is 1. The van der Waals surface area contributed by atoms with Crippen molar-refractivity contribution in [2.75, 3.05) is 19.7 Å². The highest BCUT2D eigenvalue weighted by atomic mass is 35.5. The first-order valence-corrected chi connectivity index (χ1v) is 7.45. The van der Waals surface area contributed by atoms with Crippen LogP contribution in [0.1, 0.15) is 23.2 Å². The molecule has 2 amide bonds. The van der Waals surface area contributed by atoms with Gasteiger partial charge in [0.1, 0.15) is 5.02 Å². The molecule has 1 aromatic carbocycles. The molecule has 1 aliphatic heterocycles. The van der Waals surface area contributed by atoms with Gasteiger partial charge in [0.25, 0.3) is 11.6 Å². The van der Waals surface area contributed by atoms with E-state index in [2.05, 4.69) is 10.6 Å². The lowest BCUT2D eigenvalue weighted by Crippen LogP contribution is -2.39. The maximum Gasteiger partial charge on any atom is 0.288 e. The third-order valence-electron chi connectivity index (χ3n) is 3.37. The molecule has 124 valence electrons. The second-order valence-corrected chi connectivity index (χ2v) is 5.45. The fourth-order valence-electron chi connectivity index (χ4n) is 2.15. The van der Waals surface area contributed by atoms with E-state index in [9.17, 15) is 19.7 Å². The summed E-state index contributed by atoms with van der Waals surface area (Å²) >= 11 is 5.68. The largest absolute Gasteiger partial charge is 0.376 e. The van der Waals surface area contributed by atoms with Crippen LogP contribution in [0, 0.1) is 10.1 Å². The summed E-state index contributed by atoms with van der Waals surface area (Å²) in [5.41, 5.74) is -0.296. The first-order chi connectivity index (χ1) is 11.0. The smallest absolute Gasteiger partial charge is 0.288 e. The number of rotatable bonds is 6. The first-order valence-electron chi connectivity index (χ1n) is 7.08. The van der Waals surface area contributed by atoms with E-state index in [0.29, 0.717) is 13.2 Å². The van der Waals surface area contributed by atoms with Gasteiger partial charge in [-0.2, -0.15) is 0 Å². The number of hydrogen-bond donors (Lipinski definition) is 2. The molecule has 8 nitrogen and oxygen atoms in total. The Balaban J connectivity index is 1.83. The molecular weight excluding hydrogens is 326 g/mol. The highest BCUT2D eigenvalue weighted by Gasteiger charge is 2.18. The van der Waals surface area contributed by atoms with E-state index in [-0.39, 0.29) is 34.8 Å². The average Bonchev–Trinajstić information content (AvgIpc) is 3.04. The molecule has 23 heavy (non-hydrogen) atoms. The lowest BCUT2D eigenvalue weighted by molar-refractivity contribution is -0.384. The molecule has 0 unspecified atom stereocenters. The van der Waals surface area contributed by atoms with Crippen molar-refractivity contribution in [3.05, 3.63) is 38.9 Å². The Hall–Kier alpha value is -2.19. The minimum atomic E-state index is -0.673. The molecule has 1 saturated heterocycles. The van der Waals surface area contributed by atoms with Gasteiger partial charge < -0.3 is 15.4 Å². The van der Waals surface area contributed by atoms with Crippen molar-refractivity contribution >= 4 is 29.1 Å². The Kier molecular flexibility index (Phi) is 5.89. The quantitative estimate of drug-likeness (QED) is 0.598. The molecule has 1 heterocycles. The predicted molar refractivity (Wildman–Crippen MR) is 82.4 cm³/mol. The normalized spacial score (nSPS) is 16.8. The van der Waals surface area contributed by atoms with Gasteiger partial charge in [0, 0.05) is 24.8 Å². The number of nitrogens with zero attached hydrogens (tertiary/aromatic N) is 1. The van der Waals surface area contributed by atoms with Gasteiger partial charge in [0.15, 0.2) is 0 Å². The van der Waals surface area contributed by atoms with E-state index in [1.807, 2.05) is 0 Å². The summed E-state index contributed by atoms with van der Waals surface area (Å²) in [6.07, 6.45) is 1.90. The van der Waals surface area contributed by atoms with Gasteiger partial charge >= 0.3 is 0 Å². The molecule has 1 aromatic rings. The van der Waals surface area contributed by atoms with Gasteiger partial charge in [-0.1, -0.05) is 11.6 Å². The third kappa shape index (κ3) is 4.90. The van der Waals surface area contributed by atoms with Gasteiger partial charge in [0.05, 0.1) is 17.6 Å². The maximum atomic E-state index is 11.9. The fourth-order valence-corrected chi connectivity index (χ4v) is 2.34. The predicted octanol–water partition coefficient (Wildman–Crippen LogP) is 1.27. The second-order valence-electron chi connectivity index (χ2n) is 5.05. The molecule has 0 saturated carbocycles. The van der Waals surface area contributed by atoms with Crippen LogP contribution in [0.5, 0.6) is 0 Å². The molecule has 0 bridgehead atoms. The summed E-state index contributed by atoms with van der Waals surface area (Å²) in [5.74, 6) is -0.936. The first kappa shape index (κ1) is 17.2. The minimum absolute atomic E-state index is 0.0218. The van der Waals surface area contributed by atoms with Gasteiger partial charge in [-0.25, -0.2) is 0 Å². The number of carbonyl (C=O) groups excluding carboxylic acids is 2.